The zero-order chi connectivity index (χ0) is 20.7. The minimum absolute atomic E-state index is 0.0423. The predicted octanol–water partition coefficient (Wildman–Crippen LogP) is 5.06. The molecule has 2 heterocycles. The molecule has 1 aromatic heterocycles. The molecule has 3 aromatic rings. The second-order valence-electron chi connectivity index (χ2n) is 7.93. The van der Waals surface area contributed by atoms with Crippen LogP contribution in [-0.4, -0.2) is 36.9 Å². The van der Waals surface area contributed by atoms with Crippen molar-refractivity contribution in [1.82, 2.24) is 9.29 Å². The van der Waals surface area contributed by atoms with Crippen LogP contribution < -0.4 is 4.74 Å². The number of ether oxygens (including phenoxy) is 1. The molecule has 1 aliphatic carbocycles. The topological polar surface area (TPSA) is 59.5 Å². The number of rotatable bonds is 4. The monoisotopic (exact) mass is 462 g/mol. The van der Waals surface area contributed by atoms with Crippen LogP contribution in [-0.2, 0) is 22.9 Å². The minimum Gasteiger partial charge on any atom is -0.467 e. The zero-order valence-corrected chi connectivity index (χ0v) is 18.9. The van der Waals surface area contributed by atoms with Gasteiger partial charge in [-0.25, -0.2) is 13.4 Å². The Bertz CT molecular complexity index is 1180. The summed E-state index contributed by atoms with van der Waals surface area (Å²) in [6.45, 7) is 0.908. The third kappa shape index (κ3) is 3.84. The second kappa shape index (κ2) is 8.11. The Balaban J connectivity index is 1.26. The van der Waals surface area contributed by atoms with E-state index >= 15 is 0 Å². The van der Waals surface area contributed by atoms with Crippen molar-refractivity contribution in [3.05, 3.63) is 52.5 Å². The lowest BCUT2D eigenvalue weighted by atomic mass is 9.92. The highest BCUT2D eigenvalue weighted by Crippen LogP contribution is 2.34. The smallest absolute Gasteiger partial charge is 0.274 e. The molecule has 0 saturated carbocycles. The van der Waals surface area contributed by atoms with Crippen molar-refractivity contribution in [3.63, 3.8) is 0 Å². The number of hydrogen-bond donors (Lipinski definition) is 0. The lowest BCUT2D eigenvalue weighted by Crippen LogP contribution is -2.41. The first-order valence-corrected chi connectivity index (χ1v) is 13.0. The molecule has 8 heteroatoms. The van der Waals surface area contributed by atoms with Crippen LogP contribution in [0.4, 0.5) is 0 Å². The molecule has 0 N–H and O–H groups in total. The molecule has 5 rings (SSSR count). The summed E-state index contributed by atoms with van der Waals surface area (Å²) in [6.07, 6.45) is 5.60. The highest BCUT2D eigenvalue weighted by atomic mass is 35.5. The molecule has 0 amide bonds. The van der Waals surface area contributed by atoms with E-state index in [1.54, 1.807) is 10.4 Å². The first-order valence-electron chi connectivity index (χ1n) is 10.3. The number of fused-ring (bicyclic) bond motifs is 2. The maximum atomic E-state index is 13.2. The van der Waals surface area contributed by atoms with E-state index in [2.05, 4.69) is 4.98 Å². The van der Waals surface area contributed by atoms with Crippen molar-refractivity contribution < 1.29 is 13.2 Å². The summed E-state index contributed by atoms with van der Waals surface area (Å²) in [6, 6.07) is 11.3. The third-order valence-electron chi connectivity index (χ3n) is 5.98. The van der Waals surface area contributed by atoms with Gasteiger partial charge in [0.1, 0.15) is 11.6 Å². The molecular formula is C22H23ClN2O3S2. The first kappa shape index (κ1) is 20.2. The Kier molecular flexibility index (Phi) is 5.47. The summed E-state index contributed by atoms with van der Waals surface area (Å²) in [5.74, 6) is 0. The summed E-state index contributed by atoms with van der Waals surface area (Å²) >= 11 is 7.67. The molecule has 0 atom stereocenters. The summed E-state index contributed by atoms with van der Waals surface area (Å²) in [5.41, 5.74) is 3.24. The summed E-state index contributed by atoms with van der Waals surface area (Å²) in [5, 5.41) is 1.21. The number of hydrogen-bond acceptors (Lipinski definition) is 5. The average Bonchev–Trinajstić information content (AvgIpc) is 3.18. The van der Waals surface area contributed by atoms with Crippen molar-refractivity contribution in [1.29, 1.82) is 0 Å². The summed E-state index contributed by atoms with van der Waals surface area (Å²) in [7, 11) is -3.47. The Hall–Kier alpha value is -1.67. The van der Waals surface area contributed by atoms with Crippen molar-refractivity contribution >= 4 is 43.2 Å². The number of benzene rings is 2. The largest absolute Gasteiger partial charge is 0.467 e. The fraction of sp³-hybridized carbons (Fsp3) is 0.409. The van der Waals surface area contributed by atoms with E-state index in [1.807, 2.05) is 30.3 Å². The highest BCUT2D eigenvalue weighted by molar-refractivity contribution is 7.89. The molecule has 2 aliphatic rings. The number of para-hydroxylation sites is 1. The first-order chi connectivity index (χ1) is 14.5. The summed E-state index contributed by atoms with van der Waals surface area (Å²) < 4.78 is 35.0. The van der Waals surface area contributed by atoms with Crippen molar-refractivity contribution in [2.24, 2.45) is 0 Å². The normalized spacial score (nSPS) is 18.4. The van der Waals surface area contributed by atoms with E-state index in [-0.39, 0.29) is 6.10 Å². The molecule has 0 radical (unpaired) electrons. The standard InChI is InChI=1S/C22H23ClN2O3S2/c23-19-6-3-7-20-21(19)24-22(29-20)28-17-10-12-25(13-11-17)30(26,27)18-9-8-15-4-1-2-5-16(15)14-18/h3,6-9,14,17H,1-2,4-5,10-13H2. The SMILES string of the molecule is O=S(=O)(c1ccc2c(c1)CCCC2)N1CCC(Oc2nc3c(Cl)cccc3s2)CC1. The number of nitrogens with zero attached hydrogens (tertiary/aromatic N) is 2. The van der Waals surface area contributed by atoms with E-state index < -0.39 is 10.0 Å². The molecule has 1 aliphatic heterocycles. The Morgan fingerprint density at radius 1 is 1.07 bits per heavy atom. The number of piperidine rings is 1. The van der Waals surface area contributed by atoms with Gasteiger partial charge in [-0.1, -0.05) is 35.1 Å². The molecule has 1 saturated heterocycles. The van der Waals surface area contributed by atoms with Gasteiger partial charge in [0.25, 0.3) is 5.19 Å². The molecule has 1 fully saturated rings. The third-order valence-corrected chi connectivity index (χ3v) is 9.09. The predicted molar refractivity (Wildman–Crippen MR) is 120 cm³/mol. The van der Waals surface area contributed by atoms with Crippen molar-refractivity contribution in [2.45, 2.75) is 49.5 Å². The van der Waals surface area contributed by atoms with Gasteiger partial charge in [0.05, 0.1) is 14.6 Å². The Morgan fingerprint density at radius 2 is 1.83 bits per heavy atom. The lowest BCUT2D eigenvalue weighted by Gasteiger charge is -2.31. The fourth-order valence-corrected chi connectivity index (χ4v) is 7.00. The maximum absolute atomic E-state index is 13.2. The van der Waals surface area contributed by atoms with Gasteiger partial charge in [-0.05, 0) is 73.9 Å². The molecule has 0 spiro atoms. The zero-order valence-electron chi connectivity index (χ0n) is 16.5. The number of aryl methyl sites for hydroxylation is 2. The average molecular weight is 463 g/mol. The number of sulfonamides is 1. The van der Waals surface area contributed by atoms with E-state index in [9.17, 15) is 8.42 Å². The highest BCUT2D eigenvalue weighted by Gasteiger charge is 2.31. The molecule has 5 nitrogen and oxygen atoms in total. The van der Waals surface area contributed by atoms with E-state index in [4.69, 9.17) is 16.3 Å². The summed E-state index contributed by atoms with van der Waals surface area (Å²) in [4.78, 5) is 4.91. The van der Waals surface area contributed by atoms with Crippen LogP contribution in [0.5, 0.6) is 5.19 Å². The number of aromatic nitrogens is 1. The maximum Gasteiger partial charge on any atom is 0.274 e. The van der Waals surface area contributed by atoms with Gasteiger partial charge in [-0.15, -0.1) is 0 Å². The number of halogens is 1. The molecular weight excluding hydrogens is 440 g/mol. The van der Waals surface area contributed by atoms with E-state index in [0.29, 0.717) is 41.0 Å². The van der Waals surface area contributed by atoms with Gasteiger partial charge >= 0.3 is 0 Å². The van der Waals surface area contributed by atoms with Crippen LogP contribution in [0.25, 0.3) is 10.2 Å². The Labute approximate surface area is 185 Å². The van der Waals surface area contributed by atoms with Crippen LogP contribution in [0.15, 0.2) is 41.3 Å². The van der Waals surface area contributed by atoms with Gasteiger partial charge in [0.2, 0.25) is 10.0 Å². The molecule has 158 valence electrons. The van der Waals surface area contributed by atoms with E-state index in [1.165, 1.54) is 28.9 Å². The van der Waals surface area contributed by atoms with E-state index in [0.717, 1.165) is 29.5 Å². The molecule has 30 heavy (non-hydrogen) atoms. The van der Waals surface area contributed by atoms with Gasteiger partial charge < -0.3 is 4.74 Å². The second-order valence-corrected chi connectivity index (χ2v) is 11.3. The molecule has 0 unspecified atom stereocenters. The van der Waals surface area contributed by atoms with Gasteiger partial charge in [-0.2, -0.15) is 4.31 Å². The minimum atomic E-state index is -3.47. The van der Waals surface area contributed by atoms with Crippen LogP contribution in [0.1, 0.15) is 36.8 Å². The van der Waals surface area contributed by atoms with Gasteiger partial charge in [-0.3, -0.25) is 0 Å². The lowest BCUT2D eigenvalue weighted by molar-refractivity contribution is 0.135. The van der Waals surface area contributed by atoms with Crippen molar-refractivity contribution in [2.75, 3.05) is 13.1 Å². The fourth-order valence-electron chi connectivity index (χ4n) is 4.30. The Morgan fingerprint density at radius 3 is 2.60 bits per heavy atom. The van der Waals surface area contributed by atoms with Gasteiger partial charge in [0.15, 0.2) is 0 Å². The molecule has 2 aromatic carbocycles. The van der Waals surface area contributed by atoms with Crippen molar-refractivity contribution in [3.8, 4) is 5.19 Å². The number of thiazole rings is 1. The van der Waals surface area contributed by atoms with Gasteiger partial charge in [0, 0.05) is 13.1 Å². The quantitative estimate of drug-likeness (QED) is 0.543. The van der Waals surface area contributed by atoms with Crippen LogP contribution in [0.2, 0.25) is 5.02 Å². The molecule has 0 bridgehead atoms. The van der Waals surface area contributed by atoms with Crippen LogP contribution in [0.3, 0.4) is 0 Å². The van der Waals surface area contributed by atoms with Crippen LogP contribution in [0, 0.1) is 0 Å². The van der Waals surface area contributed by atoms with Crippen LogP contribution >= 0.6 is 22.9 Å².